The molecular formula is C22H23N5O4. The molecule has 0 radical (unpaired) electrons. The summed E-state index contributed by atoms with van der Waals surface area (Å²) < 4.78 is 0. The molecular weight excluding hydrogens is 398 g/mol. The molecule has 160 valence electrons. The number of carbonyl (C=O) groups excluding carboxylic acids is 2. The molecule has 1 saturated heterocycles. The first-order valence-corrected chi connectivity index (χ1v) is 10.5. The van der Waals surface area contributed by atoms with Crippen LogP contribution in [0.1, 0.15) is 45.1 Å². The van der Waals surface area contributed by atoms with Crippen molar-refractivity contribution < 1.29 is 19.5 Å². The Hall–Kier alpha value is -3.62. The van der Waals surface area contributed by atoms with Gasteiger partial charge in [0.05, 0.1) is 12.5 Å². The van der Waals surface area contributed by atoms with Gasteiger partial charge in [-0.15, -0.1) is 0 Å². The highest BCUT2D eigenvalue weighted by Gasteiger charge is 2.33. The van der Waals surface area contributed by atoms with Crippen LogP contribution in [0.4, 0.5) is 0 Å². The smallest absolute Gasteiger partial charge is 0.306 e. The Morgan fingerprint density at radius 3 is 2.55 bits per heavy atom. The van der Waals surface area contributed by atoms with Gasteiger partial charge in [0.2, 0.25) is 0 Å². The molecule has 0 saturated carbocycles. The standard InChI is InChI=1S/C22H23N5O4/c28-20(18-11-14-3-1-2-4-16(14)23-18)27-10-7-17-15(12-27)19(25-24-17)21(29)26-8-5-13(6-9-26)22(30)31/h1-4,11,13,23H,5-10,12H2,(H,24,25)(H,30,31). The second kappa shape index (κ2) is 7.57. The number of carboxylic acid groups (broad SMARTS) is 1. The Morgan fingerprint density at radius 1 is 1.03 bits per heavy atom. The maximum atomic E-state index is 13.1. The lowest BCUT2D eigenvalue weighted by atomic mass is 9.96. The fourth-order valence-electron chi connectivity index (χ4n) is 4.48. The summed E-state index contributed by atoms with van der Waals surface area (Å²) in [5.74, 6) is -1.53. The van der Waals surface area contributed by atoms with E-state index < -0.39 is 11.9 Å². The Kier molecular flexibility index (Phi) is 4.72. The number of fused-ring (bicyclic) bond motifs is 2. The van der Waals surface area contributed by atoms with E-state index in [0.29, 0.717) is 56.8 Å². The van der Waals surface area contributed by atoms with Crippen LogP contribution in [0, 0.1) is 5.92 Å². The molecule has 3 N–H and O–H groups in total. The maximum Gasteiger partial charge on any atom is 0.306 e. The fourth-order valence-corrected chi connectivity index (χ4v) is 4.48. The lowest BCUT2D eigenvalue weighted by Gasteiger charge is -2.31. The van der Waals surface area contributed by atoms with Crippen LogP contribution < -0.4 is 0 Å². The number of carboxylic acids is 1. The van der Waals surface area contributed by atoms with Gasteiger partial charge in [-0.1, -0.05) is 18.2 Å². The van der Waals surface area contributed by atoms with Gasteiger partial charge in [0.1, 0.15) is 5.69 Å². The molecule has 2 aromatic heterocycles. The Balaban J connectivity index is 1.33. The summed E-state index contributed by atoms with van der Waals surface area (Å²) in [6.07, 6.45) is 1.49. The highest BCUT2D eigenvalue weighted by Crippen LogP contribution is 2.26. The third kappa shape index (κ3) is 3.45. The van der Waals surface area contributed by atoms with E-state index in [4.69, 9.17) is 5.11 Å². The molecule has 0 bridgehead atoms. The van der Waals surface area contributed by atoms with Crippen molar-refractivity contribution in [3.05, 3.63) is 53.0 Å². The zero-order valence-corrected chi connectivity index (χ0v) is 16.9. The summed E-state index contributed by atoms with van der Waals surface area (Å²) in [5.41, 5.74) is 3.40. The molecule has 2 aliphatic heterocycles. The number of piperidine rings is 1. The third-order valence-corrected chi connectivity index (χ3v) is 6.32. The van der Waals surface area contributed by atoms with E-state index in [0.717, 1.165) is 22.2 Å². The predicted octanol–water partition coefficient (Wildman–Crippen LogP) is 2.03. The quantitative estimate of drug-likeness (QED) is 0.597. The van der Waals surface area contributed by atoms with Crippen molar-refractivity contribution in [2.75, 3.05) is 19.6 Å². The van der Waals surface area contributed by atoms with Crippen LogP contribution in [-0.4, -0.2) is 67.5 Å². The Morgan fingerprint density at radius 2 is 1.81 bits per heavy atom. The van der Waals surface area contributed by atoms with Crippen molar-refractivity contribution in [2.45, 2.75) is 25.8 Å². The van der Waals surface area contributed by atoms with Gasteiger partial charge >= 0.3 is 5.97 Å². The second-order valence-corrected chi connectivity index (χ2v) is 8.18. The number of hydrogen-bond donors (Lipinski definition) is 3. The van der Waals surface area contributed by atoms with Crippen LogP contribution in [0.25, 0.3) is 10.9 Å². The molecule has 1 aromatic carbocycles. The highest BCUT2D eigenvalue weighted by molar-refractivity contribution is 5.98. The molecule has 9 heteroatoms. The van der Waals surface area contributed by atoms with Crippen LogP contribution in [0.2, 0.25) is 0 Å². The fraction of sp³-hybridized carbons (Fsp3) is 0.364. The normalized spacial score (nSPS) is 17.0. The van der Waals surface area contributed by atoms with Gasteiger partial charge in [-0.25, -0.2) is 0 Å². The topological polar surface area (TPSA) is 122 Å². The molecule has 3 aromatic rings. The van der Waals surface area contributed by atoms with Crippen molar-refractivity contribution in [3.63, 3.8) is 0 Å². The van der Waals surface area contributed by atoms with E-state index in [1.165, 1.54) is 0 Å². The van der Waals surface area contributed by atoms with Crippen molar-refractivity contribution in [1.82, 2.24) is 25.0 Å². The predicted molar refractivity (Wildman–Crippen MR) is 112 cm³/mol. The van der Waals surface area contributed by atoms with Gasteiger partial charge < -0.3 is 19.9 Å². The largest absolute Gasteiger partial charge is 0.481 e. The molecule has 5 rings (SSSR count). The first-order valence-electron chi connectivity index (χ1n) is 10.5. The molecule has 1 fully saturated rings. The van der Waals surface area contributed by atoms with Gasteiger partial charge in [-0.2, -0.15) is 5.10 Å². The number of nitrogens with zero attached hydrogens (tertiary/aromatic N) is 3. The van der Waals surface area contributed by atoms with E-state index >= 15 is 0 Å². The van der Waals surface area contributed by atoms with Gasteiger partial charge in [-0.05, 0) is 25.0 Å². The number of benzene rings is 1. The number of rotatable bonds is 3. The monoisotopic (exact) mass is 421 g/mol. The van der Waals surface area contributed by atoms with Gasteiger partial charge in [0.25, 0.3) is 11.8 Å². The van der Waals surface area contributed by atoms with Gasteiger partial charge in [0, 0.05) is 48.2 Å². The van der Waals surface area contributed by atoms with Crippen LogP contribution in [0.5, 0.6) is 0 Å². The van der Waals surface area contributed by atoms with Gasteiger partial charge in [0.15, 0.2) is 5.69 Å². The number of nitrogens with one attached hydrogen (secondary N) is 2. The van der Waals surface area contributed by atoms with Crippen LogP contribution in [-0.2, 0) is 17.8 Å². The maximum absolute atomic E-state index is 13.1. The first kappa shape index (κ1) is 19.3. The number of H-pyrrole nitrogens is 2. The summed E-state index contributed by atoms with van der Waals surface area (Å²) in [6, 6.07) is 9.59. The van der Waals surface area contributed by atoms with E-state index in [9.17, 15) is 14.4 Å². The lowest BCUT2D eigenvalue weighted by molar-refractivity contribution is -0.143. The molecule has 4 heterocycles. The highest BCUT2D eigenvalue weighted by atomic mass is 16.4. The van der Waals surface area contributed by atoms with Crippen LogP contribution in [0.15, 0.2) is 30.3 Å². The SMILES string of the molecule is O=C(O)C1CCN(C(=O)c2n[nH]c3c2CN(C(=O)c2cc4ccccc4[nH]2)CC3)CC1. The van der Waals surface area contributed by atoms with E-state index in [1.807, 2.05) is 30.3 Å². The minimum atomic E-state index is -0.810. The van der Waals surface area contributed by atoms with Crippen LogP contribution >= 0.6 is 0 Å². The molecule has 2 aliphatic rings. The minimum Gasteiger partial charge on any atom is -0.481 e. The lowest BCUT2D eigenvalue weighted by Crippen LogP contribution is -2.41. The molecule has 0 unspecified atom stereocenters. The van der Waals surface area contributed by atoms with E-state index in [2.05, 4.69) is 15.2 Å². The molecule has 0 aliphatic carbocycles. The zero-order valence-electron chi connectivity index (χ0n) is 16.9. The summed E-state index contributed by atoms with van der Waals surface area (Å²) >= 11 is 0. The van der Waals surface area contributed by atoms with Crippen molar-refractivity contribution in [2.24, 2.45) is 5.92 Å². The molecule has 0 atom stereocenters. The zero-order chi connectivity index (χ0) is 21.5. The number of aromatic nitrogens is 3. The number of para-hydroxylation sites is 1. The number of amides is 2. The molecule has 0 spiro atoms. The molecule has 2 amide bonds. The average Bonchev–Trinajstić information content (AvgIpc) is 3.42. The number of aromatic amines is 2. The van der Waals surface area contributed by atoms with E-state index in [-0.39, 0.29) is 11.8 Å². The number of likely N-dealkylation sites (tertiary alicyclic amines) is 1. The van der Waals surface area contributed by atoms with E-state index in [1.54, 1.807) is 9.80 Å². The van der Waals surface area contributed by atoms with Crippen molar-refractivity contribution in [1.29, 1.82) is 0 Å². The number of carbonyl (C=O) groups is 3. The Labute approximate surface area is 178 Å². The molecule has 9 nitrogen and oxygen atoms in total. The average molecular weight is 421 g/mol. The van der Waals surface area contributed by atoms with Crippen molar-refractivity contribution >= 4 is 28.7 Å². The Bertz CT molecular complexity index is 1140. The molecule has 31 heavy (non-hydrogen) atoms. The first-order chi connectivity index (χ1) is 15.0. The number of hydrogen-bond acceptors (Lipinski definition) is 4. The summed E-state index contributed by atoms with van der Waals surface area (Å²) in [4.78, 5) is 43.9. The third-order valence-electron chi connectivity index (χ3n) is 6.32. The van der Waals surface area contributed by atoms with Crippen molar-refractivity contribution in [3.8, 4) is 0 Å². The summed E-state index contributed by atoms with van der Waals surface area (Å²) in [5, 5.41) is 17.4. The van der Waals surface area contributed by atoms with Crippen LogP contribution in [0.3, 0.4) is 0 Å². The number of aliphatic carboxylic acids is 1. The summed E-state index contributed by atoms with van der Waals surface area (Å²) in [7, 11) is 0. The minimum absolute atomic E-state index is 0.108. The second-order valence-electron chi connectivity index (χ2n) is 8.18. The van der Waals surface area contributed by atoms with Gasteiger partial charge in [-0.3, -0.25) is 19.5 Å². The summed E-state index contributed by atoms with van der Waals surface area (Å²) in [6.45, 7) is 1.65.